The highest BCUT2D eigenvalue weighted by molar-refractivity contribution is 7.92. The molecule has 0 bridgehead atoms. The number of amides is 1. The van der Waals surface area contributed by atoms with Crippen LogP contribution in [-0.4, -0.2) is 81.1 Å². The number of benzene rings is 2. The Kier molecular flexibility index (Phi) is 13.8. The molecule has 2 aromatic carbocycles. The van der Waals surface area contributed by atoms with Gasteiger partial charge in [-0.2, -0.15) is 40.2 Å². The van der Waals surface area contributed by atoms with Gasteiger partial charge >= 0.3 is 12.4 Å². The Morgan fingerprint density at radius 3 is 2.27 bits per heavy atom. The van der Waals surface area contributed by atoms with E-state index < -0.39 is 116 Å². The number of alkyl halides is 8. The molecule has 24 heteroatoms. The number of hydrogen-bond acceptors (Lipinski definition) is 8. The average molecular weight is 956 g/mol. The molecule has 340 valence electrons. The lowest BCUT2D eigenvalue weighted by Gasteiger charge is -2.23. The fraction of sp³-hybridized carbons (Fsp3) is 0.385. The summed E-state index contributed by atoms with van der Waals surface area (Å²) in [6.45, 7) is 0.653. The van der Waals surface area contributed by atoms with Crippen molar-refractivity contribution in [3.63, 3.8) is 0 Å². The highest BCUT2D eigenvalue weighted by Crippen LogP contribution is 2.44. The third-order valence-electron chi connectivity index (χ3n) is 9.71. The summed E-state index contributed by atoms with van der Waals surface area (Å²) in [5.74, 6) is -3.98. The number of aromatic nitrogens is 3. The summed E-state index contributed by atoms with van der Waals surface area (Å²) in [7, 11) is -5.72. The number of nitrogens with one attached hydrogen (secondary N) is 2. The molecular weight excluding hydrogens is 920 g/mol. The Morgan fingerprint density at radius 2 is 1.70 bits per heavy atom. The Balaban J connectivity index is 1.79. The molecule has 5 rings (SSSR count). The molecule has 1 amide bonds. The van der Waals surface area contributed by atoms with Gasteiger partial charge in [-0.15, -0.1) is 0 Å². The lowest BCUT2D eigenvalue weighted by molar-refractivity contribution is -0.141. The summed E-state index contributed by atoms with van der Waals surface area (Å²) >= 11 is 6.49. The standard InChI is InChI=1S/C39H36ClF10N7O4S2/c1-19-16-37(43,44)34(29(19)33(51)39(48,49)50)52-17-28(58)54-27(14-20-12-21(41)15-22(42)13-20)31-24(7-6-23(53-31)10-11-36(2,3)63(5,60)61)25-8-9-26(40)30-32(25)57(18-38(45,46)47)55-35(30)56-62(4)59/h6-9,12-13,15,19,27H,14,16-18,51H2,1-5H3,(H,54,58)(H,55,56)/b33-29-,52-34?/t19-,27?,62?/m0/s1. The zero-order valence-electron chi connectivity index (χ0n) is 33.5. The van der Waals surface area contributed by atoms with Gasteiger partial charge in [0.2, 0.25) is 5.91 Å². The minimum Gasteiger partial charge on any atom is -0.394 e. The van der Waals surface area contributed by atoms with Gasteiger partial charge in [-0.25, -0.2) is 26.4 Å². The number of aliphatic imine (C=N–C) groups is 1. The lowest BCUT2D eigenvalue weighted by Crippen LogP contribution is -2.34. The number of fused-ring (bicyclic) bond motifs is 1. The van der Waals surface area contributed by atoms with Crippen LogP contribution in [0.25, 0.3) is 22.0 Å². The highest BCUT2D eigenvalue weighted by Gasteiger charge is 2.52. The molecule has 2 aromatic heterocycles. The number of hydrogen-bond donors (Lipinski definition) is 3. The van der Waals surface area contributed by atoms with Crippen LogP contribution in [0.2, 0.25) is 5.02 Å². The van der Waals surface area contributed by atoms with E-state index in [4.69, 9.17) is 17.3 Å². The van der Waals surface area contributed by atoms with E-state index in [-0.39, 0.29) is 49.8 Å². The fourth-order valence-electron chi connectivity index (χ4n) is 6.67. The van der Waals surface area contributed by atoms with Gasteiger partial charge in [-0.1, -0.05) is 30.5 Å². The van der Waals surface area contributed by atoms with Crippen LogP contribution in [0.1, 0.15) is 50.2 Å². The molecule has 4 aromatic rings. The zero-order valence-corrected chi connectivity index (χ0v) is 35.9. The second kappa shape index (κ2) is 17.8. The van der Waals surface area contributed by atoms with Crippen LogP contribution in [-0.2, 0) is 38.6 Å². The molecule has 0 radical (unpaired) electrons. The molecular formula is C39H36ClF10N7O4S2. The zero-order chi connectivity index (χ0) is 47.2. The number of carbonyl (C=O) groups excluding carboxylic acids is 1. The first-order valence-corrected chi connectivity index (χ1v) is 22.1. The number of sulfone groups is 1. The van der Waals surface area contributed by atoms with Crippen molar-refractivity contribution in [3.05, 3.63) is 87.3 Å². The van der Waals surface area contributed by atoms with Gasteiger partial charge in [0.05, 0.1) is 27.7 Å². The van der Waals surface area contributed by atoms with Gasteiger partial charge in [0.15, 0.2) is 15.7 Å². The molecule has 2 heterocycles. The van der Waals surface area contributed by atoms with Crippen LogP contribution < -0.4 is 15.8 Å². The normalized spacial score (nSPS) is 18.2. The van der Waals surface area contributed by atoms with E-state index in [1.54, 1.807) is 0 Å². The first-order chi connectivity index (χ1) is 28.9. The quantitative estimate of drug-likeness (QED) is 0.102. The molecule has 1 saturated carbocycles. The van der Waals surface area contributed by atoms with E-state index in [9.17, 15) is 52.5 Å². The van der Waals surface area contributed by atoms with Crippen molar-refractivity contribution < 1.29 is 61.3 Å². The topological polar surface area (TPSA) is 161 Å². The molecule has 63 heavy (non-hydrogen) atoms. The van der Waals surface area contributed by atoms with E-state index in [2.05, 4.69) is 37.0 Å². The first kappa shape index (κ1) is 48.8. The maximum absolute atomic E-state index is 15.1. The second-order valence-electron chi connectivity index (χ2n) is 15.1. The number of pyridine rings is 1. The molecule has 0 saturated heterocycles. The number of nitrogens with two attached hydrogens (primary N) is 1. The highest BCUT2D eigenvalue weighted by atomic mass is 35.5. The maximum atomic E-state index is 15.1. The van der Waals surface area contributed by atoms with E-state index in [1.165, 1.54) is 44.4 Å². The van der Waals surface area contributed by atoms with Crippen molar-refractivity contribution in [1.82, 2.24) is 20.1 Å². The minimum atomic E-state index is -5.24. The number of nitrogens with zero attached hydrogens (tertiary/aromatic N) is 4. The van der Waals surface area contributed by atoms with E-state index in [0.29, 0.717) is 10.7 Å². The number of allylic oxidation sites excluding steroid dienone is 2. The van der Waals surface area contributed by atoms with Gasteiger partial charge in [0, 0.05) is 41.7 Å². The van der Waals surface area contributed by atoms with E-state index in [0.717, 1.165) is 25.3 Å². The molecule has 0 spiro atoms. The lowest BCUT2D eigenvalue weighted by atomic mass is 9.93. The third-order valence-corrected chi connectivity index (χ3v) is 12.5. The van der Waals surface area contributed by atoms with Crippen molar-refractivity contribution in [2.75, 3.05) is 23.8 Å². The van der Waals surface area contributed by atoms with Gasteiger partial charge in [-0.05, 0) is 68.0 Å². The molecule has 1 aliphatic carbocycles. The monoisotopic (exact) mass is 955 g/mol. The van der Waals surface area contributed by atoms with Crippen LogP contribution in [0.3, 0.4) is 0 Å². The van der Waals surface area contributed by atoms with Gasteiger partial charge in [0.1, 0.15) is 57.6 Å². The second-order valence-corrected chi connectivity index (χ2v) is 19.1. The molecule has 0 aliphatic heterocycles. The fourth-order valence-corrected chi connectivity index (χ4v) is 7.56. The number of halogens is 11. The van der Waals surface area contributed by atoms with E-state index in [1.807, 2.05) is 0 Å². The summed E-state index contributed by atoms with van der Waals surface area (Å²) in [5.41, 5.74) is -0.267. The van der Waals surface area contributed by atoms with Gasteiger partial charge < -0.3 is 11.1 Å². The van der Waals surface area contributed by atoms with Crippen molar-refractivity contribution in [1.29, 1.82) is 0 Å². The van der Waals surface area contributed by atoms with Crippen LogP contribution in [0.5, 0.6) is 0 Å². The summed E-state index contributed by atoms with van der Waals surface area (Å²) in [4.78, 5) is 21.8. The van der Waals surface area contributed by atoms with Crippen molar-refractivity contribution in [2.45, 2.75) is 69.2 Å². The summed E-state index contributed by atoms with van der Waals surface area (Å²) in [6, 6.07) is 5.62. The largest absolute Gasteiger partial charge is 0.431 e. The Morgan fingerprint density at radius 1 is 1.08 bits per heavy atom. The minimum absolute atomic E-state index is 0.120. The van der Waals surface area contributed by atoms with Crippen LogP contribution in [0, 0.1) is 29.4 Å². The Labute approximate surface area is 361 Å². The summed E-state index contributed by atoms with van der Waals surface area (Å²) in [5, 5.41) is 6.10. The smallest absolute Gasteiger partial charge is 0.394 e. The van der Waals surface area contributed by atoms with Gasteiger partial charge in [0.25, 0.3) is 5.92 Å². The SMILES string of the molecule is C[C@H]1CC(F)(F)C(=NCC(=O)NC(Cc2cc(F)cc(F)c2)c2nc(C#CC(C)(C)S(C)(=O)=O)ccc2-c2ccc(Cl)c3c(NS(C)=O)nn(CC(F)(F)F)c23)/C1=C(\N)C(F)(F)F. The number of anilines is 1. The van der Waals surface area contributed by atoms with Crippen LogP contribution in [0.4, 0.5) is 49.7 Å². The maximum Gasteiger partial charge on any atom is 0.431 e. The molecule has 1 aliphatic rings. The molecule has 11 nitrogen and oxygen atoms in total. The number of rotatable bonds is 11. The van der Waals surface area contributed by atoms with Crippen molar-refractivity contribution in [2.24, 2.45) is 16.6 Å². The molecule has 2 unspecified atom stereocenters. The van der Waals surface area contributed by atoms with E-state index >= 15 is 8.78 Å². The first-order valence-electron chi connectivity index (χ1n) is 18.2. The van der Waals surface area contributed by atoms with Crippen LogP contribution >= 0.6 is 11.6 Å². The molecule has 1 fully saturated rings. The molecule has 3 atom stereocenters. The third kappa shape index (κ3) is 11.3. The van der Waals surface area contributed by atoms with Crippen LogP contribution in [0.15, 0.2) is 58.7 Å². The molecule has 4 N–H and O–H groups in total. The Hall–Kier alpha value is -5.21. The van der Waals surface area contributed by atoms with Crippen molar-refractivity contribution >= 4 is 60.8 Å². The average Bonchev–Trinajstić information content (AvgIpc) is 3.58. The predicted molar refractivity (Wildman–Crippen MR) is 217 cm³/mol. The number of carbonyl (C=O) groups is 1. The van der Waals surface area contributed by atoms with Crippen molar-refractivity contribution in [3.8, 4) is 23.0 Å². The summed E-state index contributed by atoms with van der Waals surface area (Å²) in [6.07, 6.45) is -9.76. The Bertz CT molecular complexity index is 2720. The predicted octanol–water partition coefficient (Wildman–Crippen LogP) is 7.76. The van der Waals surface area contributed by atoms with Gasteiger partial charge in [-0.3, -0.25) is 19.2 Å². The summed E-state index contributed by atoms with van der Waals surface area (Å²) < 4.78 is 181.